The van der Waals surface area contributed by atoms with Gasteiger partial charge in [0.2, 0.25) is 5.13 Å². The zero-order valence-electron chi connectivity index (χ0n) is 11.8. The SMILES string of the molecule is Cc1ccc(F)c(-c2csc(N=Cc3ccccc3O)n2)c1. The van der Waals surface area contributed by atoms with Crippen LogP contribution in [0.15, 0.2) is 52.8 Å². The van der Waals surface area contributed by atoms with Crippen LogP contribution in [0.2, 0.25) is 0 Å². The van der Waals surface area contributed by atoms with Crippen LogP contribution >= 0.6 is 11.3 Å². The monoisotopic (exact) mass is 312 g/mol. The van der Waals surface area contributed by atoms with Gasteiger partial charge in [-0.2, -0.15) is 0 Å². The van der Waals surface area contributed by atoms with Gasteiger partial charge >= 0.3 is 0 Å². The molecule has 0 bridgehead atoms. The van der Waals surface area contributed by atoms with Crippen LogP contribution in [0, 0.1) is 12.7 Å². The summed E-state index contributed by atoms with van der Waals surface area (Å²) in [5.74, 6) is -0.139. The van der Waals surface area contributed by atoms with E-state index in [-0.39, 0.29) is 11.6 Å². The second kappa shape index (κ2) is 6.07. The average Bonchev–Trinajstić information content (AvgIpc) is 2.98. The summed E-state index contributed by atoms with van der Waals surface area (Å²) in [5, 5.41) is 12.0. The third kappa shape index (κ3) is 3.04. The summed E-state index contributed by atoms with van der Waals surface area (Å²) in [6.45, 7) is 1.91. The van der Waals surface area contributed by atoms with Crippen molar-refractivity contribution in [2.75, 3.05) is 0 Å². The van der Waals surface area contributed by atoms with E-state index in [0.717, 1.165) is 5.56 Å². The Morgan fingerprint density at radius 3 is 2.86 bits per heavy atom. The van der Waals surface area contributed by atoms with Crippen LogP contribution in [0.4, 0.5) is 9.52 Å². The molecule has 0 aliphatic heterocycles. The molecule has 5 heteroatoms. The minimum Gasteiger partial charge on any atom is -0.507 e. The summed E-state index contributed by atoms with van der Waals surface area (Å²) < 4.78 is 13.9. The van der Waals surface area contributed by atoms with Gasteiger partial charge in [0, 0.05) is 22.7 Å². The van der Waals surface area contributed by atoms with Crippen molar-refractivity contribution in [1.29, 1.82) is 0 Å². The highest BCUT2D eigenvalue weighted by Crippen LogP contribution is 2.29. The first-order chi connectivity index (χ1) is 10.6. The van der Waals surface area contributed by atoms with Crippen molar-refractivity contribution in [2.24, 2.45) is 4.99 Å². The Morgan fingerprint density at radius 2 is 2.05 bits per heavy atom. The Bertz CT molecular complexity index is 842. The lowest BCUT2D eigenvalue weighted by Gasteiger charge is -2.00. The molecule has 1 aromatic heterocycles. The van der Waals surface area contributed by atoms with Gasteiger partial charge in [-0.1, -0.05) is 23.8 Å². The third-order valence-electron chi connectivity index (χ3n) is 3.14. The number of benzene rings is 2. The number of nitrogens with zero attached hydrogens (tertiary/aromatic N) is 2. The molecule has 0 amide bonds. The molecule has 0 spiro atoms. The van der Waals surface area contributed by atoms with Crippen LogP contribution in [0.1, 0.15) is 11.1 Å². The molecular formula is C17H13FN2OS. The number of phenolic OH excluding ortho intramolecular Hbond substituents is 1. The topological polar surface area (TPSA) is 45.5 Å². The lowest BCUT2D eigenvalue weighted by atomic mass is 10.1. The molecule has 22 heavy (non-hydrogen) atoms. The Hall–Kier alpha value is -2.53. The number of aromatic hydroxyl groups is 1. The van der Waals surface area contributed by atoms with E-state index in [9.17, 15) is 9.50 Å². The van der Waals surface area contributed by atoms with Crippen molar-refractivity contribution in [3.05, 3.63) is 64.8 Å². The van der Waals surface area contributed by atoms with Gasteiger partial charge in [-0.15, -0.1) is 11.3 Å². The zero-order valence-corrected chi connectivity index (χ0v) is 12.6. The predicted molar refractivity (Wildman–Crippen MR) is 87.6 cm³/mol. The van der Waals surface area contributed by atoms with Gasteiger partial charge in [0.1, 0.15) is 11.6 Å². The van der Waals surface area contributed by atoms with Gasteiger partial charge in [-0.05, 0) is 31.2 Å². The number of phenols is 1. The Morgan fingerprint density at radius 1 is 1.23 bits per heavy atom. The van der Waals surface area contributed by atoms with E-state index in [0.29, 0.717) is 22.0 Å². The van der Waals surface area contributed by atoms with E-state index >= 15 is 0 Å². The number of aryl methyl sites for hydroxylation is 1. The molecular weight excluding hydrogens is 299 g/mol. The standard InChI is InChI=1S/C17H13FN2OS/c1-11-6-7-14(18)13(8-11)15-10-22-17(20-15)19-9-12-4-2-3-5-16(12)21/h2-10,21H,1H3. The van der Waals surface area contributed by atoms with E-state index in [1.165, 1.54) is 17.4 Å². The summed E-state index contributed by atoms with van der Waals surface area (Å²) in [6.07, 6.45) is 1.55. The molecule has 0 aliphatic rings. The number of aromatic nitrogens is 1. The highest BCUT2D eigenvalue weighted by Gasteiger charge is 2.09. The van der Waals surface area contributed by atoms with Gasteiger partial charge in [0.25, 0.3) is 0 Å². The first-order valence-corrected chi connectivity index (χ1v) is 7.55. The largest absolute Gasteiger partial charge is 0.507 e. The fourth-order valence-corrected chi connectivity index (χ4v) is 2.67. The summed E-state index contributed by atoms with van der Waals surface area (Å²) in [4.78, 5) is 8.56. The predicted octanol–water partition coefficient (Wildman–Crippen LogP) is 4.71. The van der Waals surface area contributed by atoms with Gasteiger partial charge in [0.15, 0.2) is 0 Å². The van der Waals surface area contributed by atoms with Crippen molar-refractivity contribution in [3.8, 4) is 17.0 Å². The van der Waals surface area contributed by atoms with Crippen LogP contribution in [-0.2, 0) is 0 Å². The molecule has 1 N–H and O–H groups in total. The summed E-state index contributed by atoms with van der Waals surface area (Å²) >= 11 is 1.33. The molecule has 1 heterocycles. The van der Waals surface area contributed by atoms with Crippen LogP contribution in [-0.4, -0.2) is 16.3 Å². The van der Waals surface area contributed by atoms with E-state index in [2.05, 4.69) is 9.98 Å². The van der Waals surface area contributed by atoms with Crippen LogP contribution in [0.25, 0.3) is 11.3 Å². The summed E-state index contributed by atoms with van der Waals surface area (Å²) in [5.41, 5.74) is 2.63. The van der Waals surface area contributed by atoms with E-state index in [4.69, 9.17) is 0 Å². The molecule has 110 valence electrons. The normalized spacial score (nSPS) is 11.2. The van der Waals surface area contributed by atoms with Crippen molar-refractivity contribution in [2.45, 2.75) is 6.92 Å². The van der Waals surface area contributed by atoms with E-state index in [1.54, 1.807) is 41.9 Å². The van der Waals surface area contributed by atoms with Crippen molar-refractivity contribution in [3.63, 3.8) is 0 Å². The average molecular weight is 312 g/mol. The molecule has 3 aromatic rings. The second-order valence-electron chi connectivity index (χ2n) is 4.82. The van der Waals surface area contributed by atoms with Gasteiger partial charge in [0.05, 0.1) is 5.69 Å². The first kappa shape index (κ1) is 14.4. The van der Waals surface area contributed by atoms with Gasteiger partial charge < -0.3 is 5.11 Å². The number of hydrogen-bond acceptors (Lipinski definition) is 4. The molecule has 2 aromatic carbocycles. The molecule has 0 saturated carbocycles. The van der Waals surface area contributed by atoms with E-state index in [1.807, 2.05) is 13.0 Å². The summed E-state index contributed by atoms with van der Waals surface area (Å²) in [7, 11) is 0. The minimum absolute atomic E-state index is 0.160. The lowest BCUT2D eigenvalue weighted by molar-refractivity contribution is 0.474. The number of aliphatic imine (C=N–C) groups is 1. The fraction of sp³-hybridized carbons (Fsp3) is 0.0588. The maximum absolute atomic E-state index is 13.9. The molecule has 3 rings (SSSR count). The number of hydrogen-bond donors (Lipinski definition) is 1. The number of halogens is 1. The van der Waals surface area contributed by atoms with E-state index < -0.39 is 0 Å². The fourth-order valence-electron chi connectivity index (χ4n) is 2.00. The quantitative estimate of drug-likeness (QED) is 0.712. The van der Waals surface area contributed by atoms with Crippen molar-refractivity contribution in [1.82, 2.24) is 4.98 Å². The maximum Gasteiger partial charge on any atom is 0.209 e. The smallest absolute Gasteiger partial charge is 0.209 e. The third-order valence-corrected chi connectivity index (χ3v) is 3.89. The first-order valence-electron chi connectivity index (χ1n) is 6.67. The highest BCUT2D eigenvalue weighted by molar-refractivity contribution is 7.13. The minimum atomic E-state index is -0.299. The molecule has 0 fully saturated rings. The lowest BCUT2D eigenvalue weighted by Crippen LogP contribution is -1.85. The molecule has 3 nitrogen and oxygen atoms in total. The van der Waals surface area contributed by atoms with Crippen LogP contribution in [0.5, 0.6) is 5.75 Å². The Kier molecular flexibility index (Phi) is 3.98. The second-order valence-corrected chi connectivity index (χ2v) is 5.65. The summed E-state index contributed by atoms with van der Waals surface area (Å²) in [6, 6.07) is 11.8. The van der Waals surface area contributed by atoms with Gasteiger partial charge in [-0.25, -0.2) is 14.4 Å². The zero-order chi connectivity index (χ0) is 15.5. The number of rotatable bonds is 3. The Balaban J connectivity index is 1.88. The number of thiazole rings is 1. The van der Waals surface area contributed by atoms with Crippen LogP contribution < -0.4 is 0 Å². The van der Waals surface area contributed by atoms with Crippen molar-refractivity contribution < 1.29 is 9.50 Å². The Labute approximate surface area is 131 Å². The van der Waals surface area contributed by atoms with Gasteiger partial charge in [-0.3, -0.25) is 0 Å². The number of para-hydroxylation sites is 1. The van der Waals surface area contributed by atoms with Crippen molar-refractivity contribution >= 4 is 22.7 Å². The molecule has 0 radical (unpaired) electrons. The highest BCUT2D eigenvalue weighted by atomic mass is 32.1. The molecule has 0 atom stereocenters. The van der Waals surface area contributed by atoms with Crippen LogP contribution in [0.3, 0.4) is 0 Å². The maximum atomic E-state index is 13.9. The molecule has 0 unspecified atom stereocenters. The molecule has 0 aliphatic carbocycles. The molecule has 0 saturated heterocycles.